The molecule has 5 heteroatoms. The lowest BCUT2D eigenvalue weighted by molar-refractivity contribution is 0.218. The normalized spacial score (nSPS) is 25.9. The number of nitrogens with one attached hydrogen (secondary N) is 1. The molecule has 19 heavy (non-hydrogen) atoms. The highest BCUT2D eigenvalue weighted by Gasteiger charge is 2.31. The van der Waals surface area contributed by atoms with E-state index in [1.165, 1.54) is 0 Å². The van der Waals surface area contributed by atoms with Crippen LogP contribution >= 0.6 is 0 Å². The Morgan fingerprint density at radius 3 is 2.53 bits per heavy atom. The van der Waals surface area contributed by atoms with Gasteiger partial charge in [-0.05, 0) is 45.1 Å². The molecule has 1 aliphatic heterocycles. The molecule has 0 radical (unpaired) electrons. The van der Waals surface area contributed by atoms with Crippen molar-refractivity contribution < 1.29 is 8.42 Å². The Kier molecular flexibility index (Phi) is 6.77. The van der Waals surface area contributed by atoms with Crippen LogP contribution in [0.3, 0.4) is 0 Å². The molecule has 0 amide bonds. The van der Waals surface area contributed by atoms with Crippen LogP contribution in [0.2, 0.25) is 0 Å². The lowest BCUT2D eigenvalue weighted by Gasteiger charge is -2.35. The minimum atomic E-state index is -3.06. The summed E-state index contributed by atoms with van der Waals surface area (Å²) >= 11 is 0. The standard InChI is InChI=1S/C14H30N2O2S/c1-12(2)15-9-5-6-10-19(17,18)16-11-13(3)7-8-14(16)4/h12-15H,5-11H2,1-4H3. The molecule has 0 aromatic rings. The van der Waals surface area contributed by atoms with E-state index in [1.807, 2.05) is 6.92 Å². The molecule has 0 spiro atoms. The van der Waals surface area contributed by atoms with Gasteiger partial charge in [-0.15, -0.1) is 0 Å². The highest BCUT2D eigenvalue weighted by Crippen LogP contribution is 2.24. The number of rotatable bonds is 7. The summed E-state index contributed by atoms with van der Waals surface area (Å²) in [6.07, 6.45) is 3.82. The molecule has 0 aliphatic carbocycles. The van der Waals surface area contributed by atoms with Gasteiger partial charge in [-0.2, -0.15) is 4.31 Å². The first-order valence-corrected chi connectivity index (χ1v) is 9.16. The quantitative estimate of drug-likeness (QED) is 0.731. The van der Waals surface area contributed by atoms with Gasteiger partial charge in [0, 0.05) is 18.6 Å². The third kappa shape index (κ3) is 5.79. The summed E-state index contributed by atoms with van der Waals surface area (Å²) in [6, 6.07) is 0.648. The Bertz CT molecular complexity index is 354. The van der Waals surface area contributed by atoms with Crippen LogP contribution in [0.25, 0.3) is 0 Å². The zero-order chi connectivity index (χ0) is 14.5. The van der Waals surface area contributed by atoms with E-state index in [0.717, 1.165) is 32.2 Å². The third-order valence-corrected chi connectivity index (χ3v) is 5.83. The van der Waals surface area contributed by atoms with Crippen LogP contribution in [0, 0.1) is 5.92 Å². The van der Waals surface area contributed by atoms with Crippen molar-refractivity contribution in [3.05, 3.63) is 0 Å². The van der Waals surface area contributed by atoms with Gasteiger partial charge < -0.3 is 5.32 Å². The summed E-state index contributed by atoms with van der Waals surface area (Å²) in [7, 11) is -3.06. The zero-order valence-corrected chi connectivity index (χ0v) is 13.7. The average Bonchev–Trinajstić information content (AvgIpc) is 2.31. The molecular formula is C14H30N2O2S. The van der Waals surface area contributed by atoms with Crippen molar-refractivity contribution in [3.8, 4) is 0 Å². The Labute approximate surface area is 119 Å². The number of nitrogens with zero attached hydrogens (tertiary/aromatic N) is 1. The summed E-state index contributed by atoms with van der Waals surface area (Å²) in [5, 5.41) is 3.32. The first-order valence-electron chi connectivity index (χ1n) is 7.56. The molecule has 1 saturated heterocycles. The molecule has 2 unspecified atom stereocenters. The summed E-state index contributed by atoms with van der Waals surface area (Å²) in [5.41, 5.74) is 0. The first kappa shape index (κ1) is 16.9. The highest BCUT2D eigenvalue weighted by molar-refractivity contribution is 7.89. The van der Waals surface area contributed by atoms with E-state index in [4.69, 9.17) is 0 Å². The molecule has 1 rings (SSSR count). The van der Waals surface area contributed by atoms with Crippen molar-refractivity contribution in [3.63, 3.8) is 0 Å². The number of unbranched alkanes of at least 4 members (excludes halogenated alkanes) is 1. The SMILES string of the molecule is CC1CCC(C)N(S(=O)(=O)CCCCNC(C)C)C1. The van der Waals surface area contributed by atoms with E-state index in [2.05, 4.69) is 26.1 Å². The number of sulfonamides is 1. The molecule has 1 N–H and O–H groups in total. The van der Waals surface area contributed by atoms with Crippen LogP contribution in [0.5, 0.6) is 0 Å². The molecule has 1 fully saturated rings. The second kappa shape index (κ2) is 7.60. The lowest BCUT2D eigenvalue weighted by atomic mass is 9.97. The second-order valence-corrected chi connectivity index (χ2v) is 8.27. The van der Waals surface area contributed by atoms with E-state index >= 15 is 0 Å². The van der Waals surface area contributed by atoms with Gasteiger partial charge in [-0.3, -0.25) is 0 Å². The molecule has 1 aliphatic rings. The van der Waals surface area contributed by atoms with Gasteiger partial charge in [0.15, 0.2) is 0 Å². The fourth-order valence-electron chi connectivity index (χ4n) is 2.55. The Balaban J connectivity index is 2.38. The van der Waals surface area contributed by atoms with Gasteiger partial charge in [0.05, 0.1) is 5.75 Å². The van der Waals surface area contributed by atoms with Crippen molar-refractivity contribution >= 4 is 10.0 Å². The Morgan fingerprint density at radius 2 is 1.89 bits per heavy atom. The van der Waals surface area contributed by atoms with Gasteiger partial charge in [-0.25, -0.2) is 8.42 Å². The summed E-state index contributed by atoms with van der Waals surface area (Å²) < 4.78 is 26.4. The van der Waals surface area contributed by atoms with Crippen LogP contribution in [0.15, 0.2) is 0 Å². The molecule has 0 saturated carbocycles. The fourth-order valence-corrected chi connectivity index (χ4v) is 4.49. The predicted octanol–water partition coefficient (Wildman–Crippen LogP) is 2.21. The molecule has 0 aromatic carbocycles. The van der Waals surface area contributed by atoms with Crippen LogP contribution in [0.1, 0.15) is 53.4 Å². The number of hydrogen-bond donors (Lipinski definition) is 1. The van der Waals surface area contributed by atoms with Crippen LogP contribution < -0.4 is 5.32 Å². The topological polar surface area (TPSA) is 49.4 Å². The fraction of sp³-hybridized carbons (Fsp3) is 1.00. The summed E-state index contributed by atoms with van der Waals surface area (Å²) in [5.74, 6) is 0.790. The van der Waals surface area contributed by atoms with E-state index in [0.29, 0.717) is 24.3 Å². The Hall–Kier alpha value is -0.130. The van der Waals surface area contributed by atoms with Crippen molar-refractivity contribution in [2.75, 3.05) is 18.8 Å². The highest BCUT2D eigenvalue weighted by atomic mass is 32.2. The predicted molar refractivity (Wildman–Crippen MR) is 80.7 cm³/mol. The van der Waals surface area contributed by atoms with E-state index in [-0.39, 0.29) is 6.04 Å². The van der Waals surface area contributed by atoms with Crippen LogP contribution in [-0.2, 0) is 10.0 Å². The summed E-state index contributed by atoms with van der Waals surface area (Å²) in [6.45, 7) is 9.98. The van der Waals surface area contributed by atoms with Crippen molar-refractivity contribution in [1.82, 2.24) is 9.62 Å². The third-order valence-electron chi connectivity index (χ3n) is 3.80. The van der Waals surface area contributed by atoms with E-state index < -0.39 is 10.0 Å². The van der Waals surface area contributed by atoms with Crippen LogP contribution in [-0.4, -0.2) is 43.6 Å². The van der Waals surface area contributed by atoms with Crippen molar-refractivity contribution in [2.24, 2.45) is 5.92 Å². The largest absolute Gasteiger partial charge is 0.315 e. The molecule has 1 heterocycles. The van der Waals surface area contributed by atoms with Gasteiger partial charge in [-0.1, -0.05) is 20.8 Å². The molecule has 114 valence electrons. The molecular weight excluding hydrogens is 260 g/mol. The average molecular weight is 290 g/mol. The molecule has 0 bridgehead atoms. The monoisotopic (exact) mass is 290 g/mol. The Morgan fingerprint density at radius 1 is 1.21 bits per heavy atom. The smallest absolute Gasteiger partial charge is 0.214 e. The van der Waals surface area contributed by atoms with E-state index in [1.54, 1.807) is 4.31 Å². The van der Waals surface area contributed by atoms with Gasteiger partial charge in [0.1, 0.15) is 0 Å². The maximum Gasteiger partial charge on any atom is 0.214 e. The zero-order valence-electron chi connectivity index (χ0n) is 12.9. The lowest BCUT2D eigenvalue weighted by Crippen LogP contribution is -2.45. The van der Waals surface area contributed by atoms with Gasteiger partial charge in [0.25, 0.3) is 0 Å². The maximum absolute atomic E-state index is 12.3. The second-order valence-electron chi connectivity index (χ2n) is 6.23. The minimum Gasteiger partial charge on any atom is -0.315 e. The van der Waals surface area contributed by atoms with Crippen molar-refractivity contribution in [2.45, 2.75) is 65.5 Å². The number of hydrogen-bond acceptors (Lipinski definition) is 3. The molecule has 0 aromatic heterocycles. The first-order chi connectivity index (χ1) is 8.83. The molecule has 4 nitrogen and oxygen atoms in total. The van der Waals surface area contributed by atoms with Crippen molar-refractivity contribution in [1.29, 1.82) is 0 Å². The number of piperidine rings is 1. The molecule has 2 atom stereocenters. The van der Waals surface area contributed by atoms with Gasteiger partial charge in [0.2, 0.25) is 10.0 Å². The summed E-state index contributed by atoms with van der Waals surface area (Å²) in [4.78, 5) is 0. The van der Waals surface area contributed by atoms with Gasteiger partial charge >= 0.3 is 0 Å². The van der Waals surface area contributed by atoms with Crippen LogP contribution in [0.4, 0.5) is 0 Å². The maximum atomic E-state index is 12.3. The van der Waals surface area contributed by atoms with E-state index in [9.17, 15) is 8.42 Å². The minimum absolute atomic E-state index is 0.176.